The lowest BCUT2D eigenvalue weighted by atomic mass is 10.3. The maximum Gasteiger partial charge on any atom is 0.122 e. The van der Waals surface area contributed by atoms with E-state index in [1.54, 1.807) is 0 Å². The minimum atomic E-state index is 0.435. The quantitative estimate of drug-likeness (QED) is 0.696. The summed E-state index contributed by atoms with van der Waals surface area (Å²) in [5.74, 6) is 1.30. The van der Waals surface area contributed by atoms with Crippen molar-refractivity contribution in [2.75, 3.05) is 6.61 Å². The van der Waals surface area contributed by atoms with Crippen LogP contribution in [0.2, 0.25) is 0 Å². The fourth-order valence-electron chi connectivity index (χ4n) is 1.07. The average Bonchev–Trinajstić information content (AvgIpc) is 2.14. The second kappa shape index (κ2) is 5.07. The van der Waals surface area contributed by atoms with Crippen LogP contribution in [0.5, 0.6) is 5.75 Å². The number of hydrogen-bond acceptors (Lipinski definition) is 2. The predicted octanol–water partition coefficient (Wildman–Crippen LogP) is 2.92. The Morgan fingerprint density at radius 3 is 2.85 bits per heavy atom. The van der Waals surface area contributed by atoms with Gasteiger partial charge < -0.3 is 4.74 Å². The Labute approximate surface area is 83.9 Å². The monoisotopic (exact) mass is 199 g/mol. The maximum atomic E-state index is 5.69. The molecule has 1 rings (SSSR count). The van der Waals surface area contributed by atoms with E-state index < -0.39 is 0 Å². The van der Waals surface area contributed by atoms with Gasteiger partial charge in [-0.05, 0) is 13.3 Å². The number of aromatic nitrogens is 1. The van der Waals surface area contributed by atoms with E-state index in [2.05, 4.69) is 11.9 Å². The molecule has 0 N–H and O–H groups in total. The van der Waals surface area contributed by atoms with Crippen molar-refractivity contribution in [3.8, 4) is 5.75 Å². The van der Waals surface area contributed by atoms with E-state index in [0.717, 1.165) is 30.2 Å². The van der Waals surface area contributed by atoms with E-state index in [1.165, 1.54) is 0 Å². The normalized spacial score (nSPS) is 10.1. The van der Waals surface area contributed by atoms with E-state index in [0.29, 0.717) is 5.88 Å². The highest BCUT2D eigenvalue weighted by molar-refractivity contribution is 6.16. The van der Waals surface area contributed by atoms with Gasteiger partial charge in [0.05, 0.1) is 18.2 Å². The van der Waals surface area contributed by atoms with Crippen molar-refractivity contribution in [2.45, 2.75) is 26.1 Å². The fourth-order valence-corrected chi connectivity index (χ4v) is 1.21. The Morgan fingerprint density at radius 2 is 2.23 bits per heavy atom. The van der Waals surface area contributed by atoms with Gasteiger partial charge in [-0.25, -0.2) is 0 Å². The fraction of sp³-hybridized carbons (Fsp3) is 0.500. The Hall–Kier alpha value is -0.760. The van der Waals surface area contributed by atoms with E-state index in [1.807, 2.05) is 19.1 Å². The molecule has 0 atom stereocenters. The standard InChI is InChI=1S/C10H14ClNO/c1-3-4-13-10-5-8(2)12-9(6-10)7-11/h5-6H,3-4,7H2,1-2H3. The van der Waals surface area contributed by atoms with E-state index in [4.69, 9.17) is 16.3 Å². The number of ether oxygens (including phenoxy) is 1. The predicted molar refractivity (Wildman–Crippen MR) is 54.3 cm³/mol. The van der Waals surface area contributed by atoms with Crippen LogP contribution in [0.15, 0.2) is 12.1 Å². The van der Waals surface area contributed by atoms with E-state index in [-0.39, 0.29) is 0 Å². The summed E-state index contributed by atoms with van der Waals surface area (Å²) >= 11 is 5.69. The molecule has 0 spiro atoms. The highest BCUT2D eigenvalue weighted by Crippen LogP contribution is 2.15. The lowest BCUT2D eigenvalue weighted by Crippen LogP contribution is -1.97. The molecule has 0 bridgehead atoms. The first-order valence-corrected chi connectivity index (χ1v) is 4.96. The van der Waals surface area contributed by atoms with Crippen LogP contribution in [0.4, 0.5) is 0 Å². The molecule has 0 fully saturated rings. The minimum absolute atomic E-state index is 0.435. The van der Waals surface area contributed by atoms with Gasteiger partial charge in [-0.15, -0.1) is 11.6 Å². The average molecular weight is 200 g/mol. The zero-order valence-electron chi connectivity index (χ0n) is 8.01. The van der Waals surface area contributed by atoms with E-state index in [9.17, 15) is 0 Å². The Bertz CT molecular complexity index is 276. The third-order valence-corrected chi connectivity index (χ3v) is 1.86. The molecule has 0 radical (unpaired) electrons. The van der Waals surface area contributed by atoms with Gasteiger partial charge in [-0.2, -0.15) is 0 Å². The topological polar surface area (TPSA) is 22.1 Å². The van der Waals surface area contributed by atoms with Crippen LogP contribution in [-0.4, -0.2) is 11.6 Å². The van der Waals surface area contributed by atoms with Crippen molar-refractivity contribution in [1.29, 1.82) is 0 Å². The molecule has 13 heavy (non-hydrogen) atoms. The van der Waals surface area contributed by atoms with Gasteiger partial charge in [0.1, 0.15) is 5.75 Å². The van der Waals surface area contributed by atoms with Crippen molar-refractivity contribution in [3.05, 3.63) is 23.5 Å². The second-order valence-corrected chi connectivity index (χ2v) is 3.18. The van der Waals surface area contributed by atoms with E-state index >= 15 is 0 Å². The van der Waals surface area contributed by atoms with Crippen LogP contribution in [0.3, 0.4) is 0 Å². The highest BCUT2D eigenvalue weighted by atomic mass is 35.5. The third kappa shape index (κ3) is 3.23. The Kier molecular flexibility index (Phi) is 4.03. The lowest BCUT2D eigenvalue weighted by Gasteiger charge is -2.06. The number of aryl methyl sites for hydroxylation is 1. The van der Waals surface area contributed by atoms with Crippen LogP contribution in [0.1, 0.15) is 24.7 Å². The van der Waals surface area contributed by atoms with Crippen LogP contribution in [0, 0.1) is 6.92 Å². The number of rotatable bonds is 4. The molecule has 72 valence electrons. The molecule has 2 nitrogen and oxygen atoms in total. The molecule has 1 aromatic rings. The van der Waals surface area contributed by atoms with Gasteiger partial charge in [0.15, 0.2) is 0 Å². The number of hydrogen-bond donors (Lipinski definition) is 0. The molecular weight excluding hydrogens is 186 g/mol. The number of pyridine rings is 1. The first-order chi connectivity index (χ1) is 6.26. The van der Waals surface area contributed by atoms with Gasteiger partial charge >= 0.3 is 0 Å². The van der Waals surface area contributed by atoms with Gasteiger partial charge in [-0.1, -0.05) is 6.92 Å². The molecule has 0 amide bonds. The van der Waals surface area contributed by atoms with Crippen LogP contribution in [0.25, 0.3) is 0 Å². The SMILES string of the molecule is CCCOc1cc(C)nc(CCl)c1. The molecule has 0 aliphatic heterocycles. The van der Waals surface area contributed by atoms with Crippen LogP contribution < -0.4 is 4.74 Å². The van der Waals surface area contributed by atoms with Crippen molar-refractivity contribution >= 4 is 11.6 Å². The molecule has 1 aromatic heterocycles. The molecule has 0 saturated heterocycles. The highest BCUT2D eigenvalue weighted by Gasteiger charge is 1.99. The zero-order valence-corrected chi connectivity index (χ0v) is 8.77. The third-order valence-electron chi connectivity index (χ3n) is 1.59. The largest absolute Gasteiger partial charge is 0.493 e. The van der Waals surface area contributed by atoms with Crippen molar-refractivity contribution in [1.82, 2.24) is 4.98 Å². The molecule has 0 unspecified atom stereocenters. The molecular formula is C10H14ClNO. The summed E-state index contributed by atoms with van der Waals surface area (Å²) in [5.41, 5.74) is 1.82. The van der Waals surface area contributed by atoms with Gasteiger partial charge in [0.2, 0.25) is 0 Å². The summed E-state index contributed by atoms with van der Waals surface area (Å²) in [6, 6.07) is 3.81. The number of nitrogens with zero attached hydrogens (tertiary/aromatic N) is 1. The summed E-state index contributed by atoms with van der Waals surface area (Å²) in [5, 5.41) is 0. The summed E-state index contributed by atoms with van der Waals surface area (Å²) in [7, 11) is 0. The molecule has 0 saturated carbocycles. The molecule has 1 heterocycles. The second-order valence-electron chi connectivity index (χ2n) is 2.92. The van der Waals surface area contributed by atoms with Crippen molar-refractivity contribution in [2.24, 2.45) is 0 Å². The van der Waals surface area contributed by atoms with Crippen molar-refractivity contribution in [3.63, 3.8) is 0 Å². The summed E-state index contributed by atoms with van der Waals surface area (Å²) < 4.78 is 5.48. The van der Waals surface area contributed by atoms with Crippen LogP contribution in [-0.2, 0) is 5.88 Å². The van der Waals surface area contributed by atoms with Crippen LogP contribution >= 0.6 is 11.6 Å². The number of alkyl halides is 1. The molecule has 0 aromatic carbocycles. The minimum Gasteiger partial charge on any atom is -0.493 e. The first kappa shape index (κ1) is 10.3. The lowest BCUT2D eigenvalue weighted by molar-refractivity contribution is 0.316. The summed E-state index contributed by atoms with van der Waals surface area (Å²) in [6.07, 6.45) is 1.01. The Balaban J connectivity index is 2.76. The molecule has 0 aliphatic carbocycles. The first-order valence-electron chi connectivity index (χ1n) is 4.42. The van der Waals surface area contributed by atoms with Gasteiger partial charge in [-0.3, -0.25) is 4.98 Å². The molecule has 0 aliphatic rings. The maximum absolute atomic E-state index is 5.69. The van der Waals surface area contributed by atoms with Gasteiger partial charge in [0.25, 0.3) is 0 Å². The summed E-state index contributed by atoms with van der Waals surface area (Å²) in [4.78, 5) is 4.25. The smallest absolute Gasteiger partial charge is 0.122 e. The summed E-state index contributed by atoms with van der Waals surface area (Å²) in [6.45, 7) is 4.76. The molecule has 3 heteroatoms. The van der Waals surface area contributed by atoms with Gasteiger partial charge in [0, 0.05) is 17.8 Å². The zero-order chi connectivity index (χ0) is 9.68. The Morgan fingerprint density at radius 1 is 1.46 bits per heavy atom. The number of halogens is 1. The van der Waals surface area contributed by atoms with Crippen molar-refractivity contribution < 1.29 is 4.74 Å².